The molecule has 0 radical (unpaired) electrons. The topological polar surface area (TPSA) is 0 Å². The molecule has 0 amide bonds. The second kappa shape index (κ2) is 6.05. The van der Waals surface area contributed by atoms with Gasteiger partial charge in [-0.05, 0) is 12.8 Å². The van der Waals surface area contributed by atoms with Crippen LogP contribution in [0.1, 0.15) is 39.0 Å². The minimum atomic E-state index is -3.96. The summed E-state index contributed by atoms with van der Waals surface area (Å²) >= 11 is 2.29. The Balaban J connectivity index is 3.12. The Morgan fingerprint density at radius 3 is 2.17 bits per heavy atom. The van der Waals surface area contributed by atoms with E-state index in [0.29, 0.717) is 10.3 Å². The number of rotatable bonds is 5. The zero-order chi connectivity index (χ0) is 9.61. The number of hydrogen-bond donors (Lipinski definition) is 0. The van der Waals surface area contributed by atoms with Crippen molar-refractivity contribution in [3.63, 3.8) is 0 Å². The van der Waals surface area contributed by atoms with Gasteiger partial charge in [-0.15, -0.1) is 0 Å². The first-order valence-corrected chi connectivity index (χ1v) is 5.37. The maximum absolute atomic E-state index is 11.6. The number of hydrogen-bond acceptors (Lipinski definition) is 0. The van der Waals surface area contributed by atoms with Gasteiger partial charge in [0.25, 0.3) is 0 Å². The van der Waals surface area contributed by atoms with Crippen molar-refractivity contribution in [2.45, 2.75) is 49.1 Å². The molecular formula is C8H14F3I. The first-order chi connectivity index (χ1) is 5.42. The monoisotopic (exact) mass is 294 g/mol. The molecule has 0 bridgehead atoms. The third-order valence-corrected chi connectivity index (χ3v) is 2.18. The van der Waals surface area contributed by atoms with Gasteiger partial charge in [-0.3, -0.25) is 0 Å². The van der Waals surface area contributed by atoms with Crippen LogP contribution in [0.25, 0.3) is 0 Å². The summed E-state index contributed by atoms with van der Waals surface area (Å²) in [6, 6.07) is 0. The first-order valence-electron chi connectivity index (χ1n) is 4.12. The summed E-state index contributed by atoms with van der Waals surface area (Å²) in [5, 5.41) is 0. The minimum Gasteiger partial charge on any atom is -0.171 e. The maximum atomic E-state index is 11.6. The molecule has 12 heavy (non-hydrogen) atoms. The fourth-order valence-corrected chi connectivity index (χ4v) is 1.37. The van der Waals surface area contributed by atoms with E-state index in [-0.39, 0.29) is 6.42 Å². The molecule has 4 heteroatoms. The van der Waals surface area contributed by atoms with Crippen LogP contribution >= 0.6 is 22.6 Å². The lowest BCUT2D eigenvalue weighted by atomic mass is 10.1. The molecule has 0 aromatic rings. The van der Waals surface area contributed by atoms with Crippen LogP contribution in [0.15, 0.2) is 0 Å². The van der Waals surface area contributed by atoms with Gasteiger partial charge >= 0.3 is 6.18 Å². The molecule has 0 N–H and O–H groups in total. The molecule has 74 valence electrons. The van der Waals surface area contributed by atoms with Gasteiger partial charge in [0.15, 0.2) is 0 Å². The molecule has 0 aromatic carbocycles. The Bertz CT molecular complexity index is 109. The van der Waals surface area contributed by atoms with Crippen LogP contribution in [0.4, 0.5) is 13.2 Å². The highest BCUT2D eigenvalue weighted by Crippen LogP contribution is 2.23. The van der Waals surface area contributed by atoms with Crippen molar-refractivity contribution in [2.24, 2.45) is 0 Å². The lowest BCUT2D eigenvalue weighted by Crippen LogP contribution is -2.06. The number of halogens is 4. The maximum Gasteiger partial charge on any atom is 0.389 e. The zero-order valence-electron chi connectivity index (χ0n) is 7.12. The third kappa shape index (κ3) is 10.5. The van der Waals surface area contributed by atoms with Gasteiger partial charge in [-0.25, -0.2) is 0 Å². The van der Waals surface area contributed by atoms with E-state index in [1.165, 1.54) is 0 Å². The molecule has 0 rings (SSSR count). The van der Waals surface area contributed by atoms with Crippen molar-refractivity contribution in [3.05, 3.63) is 0 Å². The lowest BCUT2D eigenvalue weighted by Gasteiger charge is -2.06. The SMILES string of the molecule is CC(I)CCCCCC(F)(F)F. The Morgan fingerprint density at radius 2 is 1.75 bits per heavy atom. The first kappa shape index (κ1) is 12.5. The van der Waals surface area contributed by atoms with E-state index in [0.717, 1.165) is 12.8 Å². The highest BCUT2D eigenvalue weighted by Gasteiger charge is 2.25. The summed E-state index contributed by atoms with van der Waals surface area (Å²) in [5.41, 5.74) is 0. The van der Waals surface area contributed by atoms with Crippen molar-refractivity contribution >= 4 is 22.6 Å². The van der Waals surface area contributed by atoms with E-state index in [4.69, 9.17) is 0 Å². The Morgan fingerprint density at radius 1 is 1.17 bits per heavy atom. The summed E-state index contributed by atoms with van der Waals surface area (Å²) in [7, 11) is 0. The van der Waals surface area contributed by atoms with E-state index < -0.39 is 12.6 Å². The summed E-state index contributed by atoms with van der Waals surface area (Å²) in [6.07, 6.45) is -1.66. The van der Waals surface area contributed by atoms with Gasteiger partial charge < -0.3 is 0 Å². The molecule has 1 unspecified atom stereocenters. The standard InChI is InChI=1S/C8H14F3I/c1-7(12)5-3-2-4-6-8(9,10)11/h7H,2-6H2,1H3. The van der Waals surface area contributed by atoms with Crippen LogP contribution in [-0.4, -0.2) is 10.1 Å². The average Bonchev–Trinajstić information content (AvgIpc) is 1.83. The predicted octanol–water partition coefficient (Wildman–Crippen LogP) is 4.32. The fourth-order valence-electron chi connectivity index (χ4n) is 0.928. The highest BCUT2D eigenvalue weighted by atomic mass is 127. The second-order valence-electron chi connectivity index (χ2n) is 3.00. The number of alkyl halides is 4. The van der Waals surface area contributed by atoms with E-state index >= 15 is 0 Å². The van der Waals surface area contributed by atoms with E-state index in [1.54, 1.807) is 0 Å². The second-order valence-corrected chi connectivity index (χ2v) is 5.12. The van der Waals surface area contributed by atoms with Crippen LogP contribution in [0.5, 0.6) is 0 Å². The summed E-state index contributed by atoms with van der Waals surface area (Å²) in [6.45, 7) is 2.07. The molecule has 0 saturated carbocycles. The highest BCUT2D eigenvalue weighted by molar-refractivity contribution is 14.1. The van der Waals surface area contributed by atoms with Gasteiger partial charge in [-0.2, -0.15) is 13.2 Å². The molecule has 0 nitrogen and oxygen atoms in total. The third-order valence-electron chi connectivity index (χ3n) is 1.56. The van der Waals surface area contributed by atoms with Crippen LogP contribution in [0.2, 0.25) is 0 Å². The van der Waals surface area contributed by atoms with E-state index in [9.17, 15) is 13.2 Å². The van der Waals surface area contributed by atoms with Crippen LogP contribution in [-0.2, 0) is 0 Å². The molecule has 0 saturated heterocycles. The molecule has 0 aliphatic rings. The number of unbranched alkanes of at least 4 members (excludes halogenated alkanes) is 2. The van der Waals surface area contributed by atoms with Crippen molar-refractivity contribution in [1.82, 2.24) is 0 Å². The average molecular weight is 294 g/mol. The lowest BCUT2D eigenvalue weighted by molar-refractivity contribution is -0.135. The summed E-state index contributed by atoms with van der Waals surface area (Å²) in [5.74, 6) is 0. The molecule has 0 fully saturated rings. The van der Waals surface area contributed by atoms with Crippen LogP contribution in [0.3, 0.4) is 0 Å². The summed E-state index contributed by atoms with van der Waals surface area (Å²) < 4.78 is 35.5. The van der Waals surface area contributed by atoms with Crippen LogP contribution < -0.4 is 0 Å². The molecule has 0 aliphatic carbocycles. The smallest absolute Gasteiger partial charge is 0.171 e. The molecule has 1 atom stereocenters. The van der Waals surface area contributed by atoms with E-state index in [2.05, 4.69) is 29.5 Å². The predicted molar refractivity (Wildman–Crippen MR) is 52.6 cm³/mol. The summed E-state index contributed by atoms with van der Waals surface area (Å²) in [4.78, 5) is 0. The molecule has 0 heterocycles. The Labute approximate surface area is 85.1 Å². The van der Waals surface area contributed by atoms with Gasteiger partial charge in [0.1, 0.15) is 0 Å². The molecule has 0 aromatic heterocycles. The van der Waals surface area contributed by atoms with Crippen molar-refractivity contribution < 1.29 is 13.2 Å². The van der Waals surface area contributed by atoms with Gasteiger partial charge in [0.2, 0.25) is 0 Å². The molecular weight excluding hydrogens is 280 g/mol. The Kier molecular flexibility index (Phi) is 6.31. The van der Waals surface area contributed by atoms with Crippen molar-refractivity contribution in [2.75, 3.05) is 0 Å². The van der Waals surface area contributed by atoms with E-state index in [1.807, 2.05) is 0 Å². The zero-order valence-corrected chi connectivity index (χ0v) is 9.28. The quantitative estimate of drug-likeness (QED) is 0.402. The largest absolute Gasteiger partial charge is 0.389 e. The fraction of sp³-hybridized carbons (Fsp3) is 1.00. The van der Waals surface area contributed by atoms with Gasteiger partial charge in [-0.1, -0.05) is 42.4 Å². The molecule has 0 aliphatic heterocycles. The van der Waals surface area contributed by atoms with Crippen LogP contribution in [0, 0.1) is 0 Å². The minimum absolute atomic E-state index is 0.285. The van der Waals surface area contributed by atoms with Gasteiger partial charge in [0.05, 0.1) is 0 Å². The normalized spacial score (nSPS) is 14.8. The Hall–Kier alpha value is 0.520. The van der Waals surface area contributed by atoms with Crippen molar-refractivity contribution in [1.29, 1.82) is 0 Å². The van der Waals surface area contributed by atoms with Crippen molar-refractivity contribution in [3.8, 4) is 0 Å². The van der Waals surface area contributed by atoms with Gasteiger partial charge in [0, 0.05) is 10.3 Å². The molecule has 0 spiro atoms.